The maximum Gasteiger partial charge on any atom is -0.00126 e. The van der Waals surface area contributed by atoms with Gasteiger partial charge >= 0.3 is 0 Å². The van der Waals surface area contributed by atoms with Gasteiger partial charge in [-0.1, -0.05) is 147 Å². The van der Waals surface area contributed by atoms with Crippen LogP contribution in [0, 0.1) is 11.8 Å². The van der Waals surface area contributed by atoms with Gasteiger partial charge in [0.25, 0.3) is 0 Å². The summed E-state index contributed by atoms with van der Waals surface area (Å²) in [7, 11) is 0. The average Bonchev–Trinajstić information content (AvgIpc) is 2.75. The summed E-state index contributed by atoms with van der Waals surface area (Å²) in [5.74, 6) is 1.69. The van der Waals surface area contributed by atoms with Crippen LogP contribution in [0.5, 0.6) is 0 Å². The van der Waals surface area contributed by atoms with Crippen molar-refractivity contribution in [2.75, 3.05) is 0 Å². The van der Waals surface area contributed by atoms with E-state index < -0.39 is 0 Å². The van der Waals surface area contributed by atoms with E-state index in [0.717, 1.165) is 12.3 Å². The first-order valence-corrected chi connectivity index (χ1v) is 12.3. The molecule has 0 nitrogen and oxygen atoms in total. The van der Waals surface area contributed by atoms with Gasteiger partial charge in [-0.05, 0) is 32.1 Å². The van der Waals surface area contributed by atoms with Gasteiger partial charge in [0.15, 0.2) is 0 Å². The fourth-order valence-electron chi connectivity index (χ4n) is 3.23. The molecule has 0 aliphatic heterocycles. The average molecular weight is 389 g/mol. The molecule has 0 aromatic heterocycles. The van der Waals surface area contributed by atoms with E-state index in [1.165, 1.54) is 69.8 Å². The predicted molar refractivity (Wildman–Crippen MR) is 133 cm³/mol. The molecule has 2 aliphatic carbocycles. The Kier molecular flexibility index (Phi) is 25.0. The topological polar surface area (TPSA) is 0 Å². The largest absolute Gasteiger partial charge is 0.0837 e. The molecule has 0 heteroatoms. The summed E-state index contributed by atoms with van der Waals surface area (Å²) in [5.41, 5.74) is 1.35. The molecule has 0 bridgehead atoms. The third-order valence-corrected chi connectivity index (χ3v) is 5.06. The molecule has 0 saturated heterocycles. The van der Waals surface area contributed by atoms with E-state index in [0.29, 0.717) is 5.92 Å². The van der Waals surface area contributed by atoms with Crippen molar-refractivity contribution in [3.05, 3.63) is 48.1 Å². The van der Waals surface area contributed by atoms with Crippen LogP contribution in [-0.2, 0) is 0 Å². The molecule has 0 spiro atoms. The Morgan fingerprint density at radius 2 is 1.50 bits per heavy atom. The van der Waals surface area contributed by atoms with Crippen molar-refractivity contribution in [3.8, 4) is 0 Å². The van der Waals surface area contributed by atoms with E-state index in [-0.39, 0.29) is 0 Å². The van der Waals surface area contributed by atoms with Crippen LogP contribution < -0.4 is 0 Å². The lowest BCUT2D eigenvalue weighted by molar-refractivity contribution is 0.349. The second-order valence-electron chi connectivity index (χ2n) is 7.96. The predicted octanol–water partition coefficient (Wildman–Crippen LogP) is 10.2. The maximum atomic E-state index is 2.32. The van der Waals surface area contributed by atoms with Gasteiger partial charge in [-0.3, -0.25) is 0 Å². The monoisotopic (exact) mass is 388 g/mol. The fraction of sp³-hybridized carbons (Fsp3) is 0.714. The van der Waals surface area contributed by atoms with E-state index in [1.807, 2.05) is 13.8 Å². The SMILES string of the molecule is CC.CC(C)=C/C=C\C1C=CC=CC1.CCC1CCCCC1.CCCCCC. The van der Waals surface area contributed by atoms with Crippen molar-refractivity contribution >= 4 is 0 Å². The van der Waals surface area contributed by atoms with Gasteiger partial charge in [-0.15, -0.1) is 0 Å². The molecule has 0 amide bonds. The Balaban J connectivity index is 0. The van der Waals surface area contributed by atoms with Crippen LogP contribution in [0.15, 0.2) is 48.1 Å². The normalized spacial score (nSPS) is 18.2. The van der Waals surface area contributed by atoms with Crippen LogP contribution >= 0.6 is 0 Å². The van der Waals surface area contributed by atoms with Crippen molar-refractivity contribution in [3.63, 3.8) is 0 Å². The highest BCUT2D eigenvalue weighted by Crippen LogP contribution is 2.25. The van der Waals surface area contributed by atoms with Crippen molar-refractivity contribution in [1.29, 1.82) is 0 Å². The molecule has 0 aromatic rings. The van der Waals surface area contributed by atoms with Crippen molar-refractivity contribution in [1.82, 2.24) is 0 Å². The van der Waals surface area contributed by atoms with Gasteiger partial charge in [0.05, 0.1) is 0 Å². The zero-order valence-corrected chi connectivity index (χ0v) is 20.5. The quantitative estimate of drug-likeness (QED) is 0.313. The zero-order chi connectivity index (χ0) is 21.5. The van der Waals surface area contributed by atoms with Crippen LogP contribution in [0.1, 0.15) is 119 Å². The lowest BCUT2D eigenvalue weighted by Gasteiger charge is -2.18. The molecule has 2 rings (SSSR count). The minimum atomic E-state index is 0.602. The van der Waals surface area contributed by atoms with Crippen LogP contribution in [0.4, 0.5) is 0 Å². The molecule has 1 atom stereocenters. The van der Waals surface area contributed by atoms with Crippen molar-refractivity contribution < 1.29 is 0 Å². The lowest BCUT2D eigenvalue weighted by Crippen LogP contribution is -2.03. The Morgan fingerprint density at radius 1 is 0.893 bits per heavy atom. The minimum absolute atomic E-state index is 0.602. The van der Waals surface area contributed by atoms with Gasteiger partial charge < -0.3 is 0 Å². The van der Waals surface area contributed by atoms with E-state index in [4.69, 9.17) is 0 Å². The zero-order valence-electron chi connectivity index (χ0n) is 20.5. The minimum Gasteiger partial charge on any atom is -0.0837 e. The molecule has 0 radical (unpaired) electrons. The Bertz CT molecular complexity index is 394. The summed E-state index contributed by atoms with van der Waals surface area (Å²) >= 11 is 0. The van der Waals surface area contributed by atoms with Gasteiger partial charge in [-0.2, -0.15) is 0 Å². The van der Waals surface area contributed by atoms with Crippen LogP contribution in [0.25, 0.3) is 0 Å². The summed E-state index contributed by atoms with van der Waals surface area (Å²) in [4.78, 5) is 0. The first kappa shape index (κ1) is 29.2. The highest BCUT2D eigenvalue weighted by molar-refractivity contribution is 5.18. The second kappa shape index (κ2) is 24.0. The third kappa shape index (κ3) is 21.3. The Hall–Kier alpha value is -1.04. The van der Waals surface area contributed by atoms with Crippen LogP contribution in [0.3, 0.4) is 0 Å². The van der Waals surface area contributed by atoms with Crippen molar-refractivity contribution in [2.24, 2.45) is 11.8 Å². The third-order valence-electron chi connectivity index (χ3n) is 5.06. The molecule has 2 aliphatic rings. The van der Waals surface area contributed by atoms with Gasteiger partial charge in [0.1, 0.15) is 0 Å². The highest BCUT2D eigenvalue weighted by Gasteiger charge is 2.09. The molecule has 164 valence electrons. The number of allylic oxidation sites excluding steroid dienone is 8. The van der Waals surface area contributed by atoms with Gasteiger partial charge in [0, 0.05) is 0 Å². The Labute approximate surface area is 179 Å². The molecular formula is C28H52. The summed E-state index contributed by atoms with van der Waals surface area (Å²) in [6, 6.07) is 0. The van der Waals surface area contributed by atoms with Crippen LogP contribution in [0.2, 0.25) is 0 Å². The number of hydrogen-bond donors (Lipinski definition) is 0. The standard InChI is InChI=1S/C12H16.C8H16.C6H14.C2H6/c1-11(2)7-6-10-12-8-4-3-5-9-12;1-2-8-6-4-3-5-7-8;1-3-5-6-4-2;1-2/h3-8,10,12H,9H2,1-2H3;8H,2-7H2,1H3;3-6H2,1-2H3;1-2H3/b10-6-;;;. The number of unbranched alkanes of at least 4 members (excludes halogenated alkanes) is 3. The van der Waals surface area contributed by atoms with Gasteiger partial charge in [-0.25, -0.2) is 0 Å². The van der Waals surface area contributed by atoms with Gasteiger partial charge in [0.2, 0.25) is 0 Å². The van der Waals surface area contributed by atoms with E-state index in [2.05, 4.69) is 77.2 Å². The molecule has 1 fully saturated rings. The van der Waals surface area contributed by atoms with Crippen LogP contribution in [-0.4, -0.2) is 0 Å². The molecule has 0 N–H and O–H groups in total. The lowest BCUT2D eigenvalue weighted by atomic mass is 9.88. The maximum absolute atomic E-state index is 2.32. The Morgan fingerprint density at radius 3 is 1.89 bits per heavy atom. The molecule has 1 unspecified atom stereocenters. The fourth-order valence-corrected chi connectivity index (χ4v) is 3.23. The highest BCUT2D eigenvalue weighted by atomic mass is 14.2. The molecular weight excluding hydrogens is 336 g/mol. The smallest absolute Gasteiger partial charge is 0.00126 e. The summed E-state index contributed by atoms with van der Waals surface area (Å²) in [5, 5.41) is 0. The first-order chi connectivity index (χ1) is 13.6. The van der Waals surface area contributed by atoms with E-state index >= 15 is 0 Å². The van der Waals surface area contributed by atoms with E-state index in [1.54, 1.807) is 0 Å². The van der Waals surface area contributed by atoms with Crippen molar-refractivity contribution in [2.45, 2.75) is 119 Å². The summed E-state index contributed by atoms with van der Waals surface area (Å²) in [6.45, 7) is 15.0. The molecule has 1 saturated carbocycles. The molecule has 0 heterocycles. The first-order valence-electron chi connectivity index (χ1n) is 12.3. The summed E-state index contributed by atoms with van der Waals surface area (Å²) in [6.07, 6.45) is 30.8. The second-order valence-corrected chi connectivity index (χ2v) is 7.96. The molecule has 0 aromatic carbocycles. The summed E-state index contributed by atoms with van der Waals surface area (Å²) < 4.78 is 0. The number of hydrogen-bond acceptors (Lipinski definition) is 0. The van der Waals surface area contributed by atoms with E-state index in [9.17, 15) is 0 Å². The molecule has 28 heavy (non-hydrogen) atoms. The number of rotatable bonds is 6.